The van der Waals surface area contributed by atoms with Gasteiger partial charge in [-0.05, 0) is 11.6 Å². The van der Waals surface area contributed by atoms with E-state index >= 15 is 0 Å². The number of H-pyrrole nitrogens is 1. The van der Waals surface area contributed by atoms with Crippen LogP contribution in [-0.2, 0) is 18.4 Å². The molecule has 0 radical (unpaired) electrons. The largest absolute Gasteiger partial charge is 0.330 e. The number of amides is 1. The number of nitrogens with zero attached hydrogens (tertiary/aromatic N) is 5. The van der Waals surface area contributed by atoms with Crippen LogP contribution in [0.25, 0.3) is 22.1 Å². The molecule has 1 amide bonds. The maximum Gasteiger partial charge on any atom is 0.330 e. The lowest BCUT2D eigenvalue weighted by Gasteiger charge is -2.13. The lowest BCUT2D eigenvalue weighted by Crippen LogP contribution is -2.33. The molecule has 0 atom stereocenters. The average molecular weight is 474 g/mol. The van der Waals surface area contributed by atoms with Crippen molar-refractivity contribution in [3.63, 3.8) is 0 Å². The lowest BCUT2D eigenvalue weighted by atomic mass is 10.2. The summed E-state index contributed by atoms with van der Waals surface area (Å²) >= 11 is 1.12. The van der Waals surface area contributed by atoms with Gasteiger partial charge in [0.1, 0.15) is 11.3 Å². The van der Waals surface area contributed by atoms with E-state index in [1.165, 1.54) is 10.6 Å². The van der Waals surface area contributed by atoms with Gasteiger partial charge >= 0.3 is 5.69 Å². The third-order valence-electron chi connectivity index (χ3n) is 5.30. The Morgan fingerprint density at radius 1 is 1.06 bits per heavy atom. The van der Waals surface area contributed by atoms with Gasteiger partial charge in [-0.2, -0.15) is 0 Å². The monoisotopic (exact) mass is 473 g/mol. The molecule has 0 aliphatic rings. The molecule has 2 N–H and O–H groups in total. The maximum atomic E-state index is 12.6. The van der Waals surface area contributed by atoms with Crippen LogP contribution in [-0.4, -0.2) is 41.0 Å². The van der Waals surface area contributed by atoms with Crippen molar-refractivity contribution in [2.24, 2.45) is 7.05 Å². The van der Waals surface area contributed by atoms with Crippen LogP contribution >= 0.6 is 11.8 Å². The van der Waals surface area contributed by atoms with E-state index in [0.717, 1.165) is 28.2 Å². The van der Waals surface area contributed by atoms with E-state index in [1.54, 1.807) is 0 Å². The molecule has 3 aromatic heterocycles. The van der Waals surface area contributed by atoms with Gasteiger partial charge in [0.2, 0.25) is 11.1 Å². The highest BCUT2D eigenvalue weighted by Gasteiger charge is 2.15. The third-order valence-corrected chi connectivity index (χ3v) is 6.14. The van der Waals surface area contributed by atoms with Crippen LogP contribution in [0.1, 0.15) is 5.56 Å². The molecular formula is C23H19N7O3S. The Bertz CT molecular complexity index is 1640. The minimum Gasteiger partial charge on any atom is -0.327 e. The number of hydrogen-bond donors (Lipinski definition) is 2. The summed E-state index contributed by atoms with van der Waals surface area (Å²) in [6.07, 6.45) is 0. The minimum atomic E-state index is -0.604. The number of carbonyl (C=O) groups excluding carboxylic acids is 1. The molecule has 0 bridgehead atoms. The molecule has 0 aliphatic heterocycles. The molecule has 0 fully saturated rings. The molecule has 0 saturated heterocycles. The molecule has 3 heterocycles. The second kappa shape index (κ2) is 8.94. The quantitative estimate of drug-likeness (QED) is 0.362. The highest BCUT2D eigenvalue weighted by molar-refractivity contribution is 7.99. The molecule has 0 spiro atoms. The zero-order valence-corrected chi connectivity index (χ0v) is 18.9. The lowest BCUT2D eigenvalue weighted by molar-refractivity contribution is -0.113. The second-order valence-electron chi connectivity index (χ2n) is 7.58. The standard InChI is InChI=1S/C23H19N7O3S/c1-29-16-10-6-5-9-15(16)20-21(29)26-22(28-27-20)34-13-19(32)24-17-11-18(31)25-23(33)30(17)12-14-7-3-2-4-8-14/h2-11H,12-13H2,1H3,(H,24,32)(H,25,31,33). The van der Waals surface area contributed by atoms with E-state index in [9.17, 15) is 14.4 Å². The summed E-state index contributed by atoms with van der Waals surface area (Å²) in [6, 6.07) is 18.3. The number of aryl methyl sites for hydroxylation is 1. The van der Waals surface area contributed by atoms with E-state index in [4.69, 9.17) is 0 Å². The van der Waals surface area contributed by atoms with Crippen molar-refractivity contribution in [2.45, 2.75) is 11.7 Å². The van der Waals surface area contributed by atoms with Crippen molar-refractivity contribution in [1.29, 1.82) is 0 Å². The number of hydrogen-bond acceptors (Lipinski definition) is 7. The summed E-state index contributed by atoms with van der Waals surface area (Å²) in [5.74, 6) is -0.312. The molecule has 170 valence electrons. The first-order valence-corrected chi connectivity index (χ1v) is 11.4. The number of thioether (sulfide) groups is 1. The number of benzene rings is 2. The Balaban J connectivity index is 1.34. The molecule has 5 rings (SSSR count). The van der Waals surface area contributed by atoms with Gasteiger partial charge in [0.15, 0.2) is 5.65 Å². The average Bonchev–Trinajstić information content (AvgIpc) is 3.12. The van der Waals surface area contributed by atoms with E-state index in [2.05, 4.69) is 25.5 Å². The summed E-state index contributed by atoms with van der Waals surface area (Å²) < 4.78 is 3.24. The smallest absolute Gasteiger partial charge is 0.327 e. The van der Waals surface area contributed by atoms with Crippen molar-refractivity contribution in [1.82, 2.24) is 29.3 Å². The predicted molar refractivity (Wildman–Crippen MR) is 130 cm³/mol. The first-order chi connectivity index (χ1) is 16.5. The number of carbonyl (C=O) groups is 1. The Kier molecular flexibility index (Phi) is 5.68. The van der Waals surface area contributed by atoms with E-state index in [-0.39, 0.29) is 18.1 Å². The fourth-order valence-electron chi connectivity index (χ4n) is 3.71. The van der Waals surface area contributed by atoms with Crippen LogP contribution in [0, 0.1) is 0 Å². The van der Waals surface area contributed by atoms with Crippen LogP contribution in [0.4, 0.5) is 5.82 Å². The number of anilines is 1. The van der Waals surface area contributed by atoms with Gasteiger partial charge in [-0.15, -0.1) is 10.2 Å². The Labute approximate surface area is 196 Å². The van der Waals surface area contributed by atoms with Crippen molar-refractivity contribution in [3.05, 3.63) is 87.1 Å². The summed E-state index contributed by atoms with van der Waals surface area (Å²) in [4.78, 5) is 43.7. The van der Waals surface area contributed by atoms with Gasteiger partial charge in [0.05, 0.1) is 17.8 Å². The van der Waals surface area contributed by atoms with Crippen molar-refractivity contribution < 1.29 is 4.79 Å². The number of nitrogens with one attached hydrogen (secondary N) is 2. The molecule has 0 unspecified atom stereocenters. The third kappa shape index (κ3) is 4.20. The second-order valence-corrected chi connectivity index (χ2v) is 8.52. The van der Waals surface area contributed by atoms with Gasteiger partial charge in [-0.3, -0.25) is 19.1 Å². The molecule has 2 aromatic carbocycles. The fourth-order valence-corrected chi connectivity index (χ4v) is 4.29. The minimum absolute atomic E-state index is 0.0243. The van der Waals surface area contributed by atoms with Gasteiger partial charge < -0.3 is 9.88 Å². The molecule has 0 aliphatic carbocycles. The number of fused-ring (bicyclic) bond motifs is 3. The van der Waals surface area contributed by atoms with Crippen LogP contribution < -0.4 is 16.6 Å². The molecule has 34 heavy (non-hydrogen) atoms. The summed E-state index contributed by atoms with van der Waals surface area (Å²) in [6.45, 7) is 0.198. The van der Waals surface area contributed by atoms with Crippen LogP contribution in [0.2, 0.25) is 0 Å². The normalized spacial score (nSPS) is 11.2. The summed E-state index contributed by atoms with van der Waals surface area (Å²) in [5.41, 5.74) is 2.01. The van der Waals surface area contributed by atoms with Crippen LogP contribution in [0.15, 0.2) is 75.4 Å². The highest BCUT2D eigenvalue weighted by atomic mass is 32.2. The first-order valence-electron chi connectivity index (χ1n) is 10.4. The Hall–Kier alpha value is -4.25. The van der Waals surface area contributed by atoms with E-state index < -0.39 is 17.2 Å². The Morgan fingerprint density at radius 3 is 2.65 bits per heavy atom. The van der Waals surface area contributed by atoms with Crippen molar-refractivity contribution in [2.75, 3.05) is 11.1 Å². The number of aromatic nitrogens is 6. The fraction of sp³-hybridized carbons (Fsp3) is 0.130. The zero-order valence-electron chi connectivity index (χ0n) is 18.1. The van der Waals surface area contributed by atoms with Crippen molar-refractivity contribution >= 4 is 45.6 Å². The Morgan fingerprint density at radius 2 is 1.82 bits per heavy atom. The van der Waals surface area contributed by atoms with Crippen LogP contribution in [0.5, 0.6) is 0 Å². The van der Waals surface area contributed by atoms with E-state index in [0.29, 0.717) is 16.3 Å². The number of para-hydroxylation sites is 1. The summed E-state index contributed by atoms with van der Waals surface area (Å²) in [5, 5.41) is 12.4. The topological polar surface area (TPSA) is 128 Å². The van der Waals surface area contributed by atoms with E-state index in [1.807, 2.05) is 66.2 Å². The van der Waals surface area contributed by atoms with Crippen molar-refractivity contribution in [3.8, 4) is 0 Å². The molecule has 10 nitrogen and oxygen atoms in total. The summed E-state index contributed by atoms with van der Waals surface area (Å²) in [7, 11) is 1.90. The molecule has 5 aromatic rings. The SMILES string of the molecule is Cn1c2ccccc2c2nnc(SCC(=O)Nc3cc(=O)[nH]c(=O)n3Cc3ccccc3)nc21. The molecule has 0 saturated carbocycles. The van der Waals surface area contributed by atoms with Crippen LogP contribution in [0.3, 0.4) is 0 Å². The number of aromatic amines is 1. The van der Waals surface area contributed by atoms with Gasteiger partial charge in [0.25, 0.3) is 5.56 Å². The van der Waals surface area contributed by atoms with Gasteiger partial charge in [-0.25, -0.2) is 9.78 Å². The number of rotatable bonds is 6. The maximum absolute atomic E-state index is 12.6. The highest BCUT2D eigenvalue weighted by Crippen LogP contribution is 2.25. The van der Waals surface area contributed by atoms with Gasteiger partial charge in [-0.1, -0.05) is 60.3 Å². The predicted octanol–water partition coefficient (Wildman–Crippen LogP) is 2.15. The molecular weight excluding hydrogens is 454 g/mol. The first kappa shape index (κ1) is 21.6. The van der Waals surface area contributed by atoms with Gasteiger partial charge in [0, 0.05) is 18.5 Å². The molecule has 11 heteroatoms. The zero-order chi connectivity index (χ0) is 23.7.